The van der Waals surface area contributed by atoms with Gasteiger partial charge in [0, 0.05) is 23.6 Å². The summed E-state index contributed by atoms with van der Waals surface area (Å²) in [5.41, 5.74) is 1.46. The van der Waals surface area contributed by atoms with Gasteiger partial charge in [0.25, 0.3) is 11.6 Å². The lowest BCUT2D eigenvalue weighted by Crippen LogP contribution is -2.44. The van der Waals surface area contributed by atoms with Gasteiger partial charge in [-0.2, -0.15) is 0 Å². The number of hydrogen-bond acceptors (Lipinski definition) is 6. The van der Waals surface area contributed by atoms with Crippen molar-refractivity contribution in [2.24, 2.45) is 0 Å². The molecule has 0 saturated carbocycles. The molecule has 0 aromatic heterocycles. The van der Waals surface area contributed by atoms with Crippen LogP contribution in [0, 0.1) is 10.1 Å². The summed E-state index contributed by atoms with van der Waals surface area (Å²) in [6, 6.07) is 19.1. The van der Waals surface area contributed by atoms with Gasteiger partial charge in [-0.3, -0.25) is 14.9 Å². The summed E-state index contributed by atoms with van der Waals surface area (Å²) in [7, 11) is 0. The molecule has 3 aromatic carbocycles. The number of ether oxygens (including phenoxy) is 1. The number of amides is 1. The number of carbonyl (C=O) groups excluding carboxylic acids is 2. The number of nitro groups is 1. The van der Waals surface area contributed by atoms with E-state index in [-0.39, 0.29) is 23.4 Å². The maximum Gasteiger partial charge on any atom is 0.329 e. The minimum absolute atomic E-state index is 0.0880. The summed E-state index contributed by atoms with van der Waals surface area (Å²) in [6.45, 7) is 5.27. The average Bonchev–Trinajstić information content (AvgIpc) is 2.82. The van der Waals surface area contributed by atoms with Gasteiger partial charge < -0.3 is 15.2 Å². The maximum absolute atomic E-state index is 13.1. The van der Waals surface area contributed by atoms with Crippen LogP contribution in [0.25, 0.3) is 0 Å². The molecule has 0 aliphatic rings. The van der Waals surface area contributed by atoms with Crippen LogP contribution in [0.5, 0.6) is 5.75 Å². The van der Waals surface area contributed by atoms with Gasteiger partial charge in [0.15, 0.2) is 0 Å². The van der Waals surface area contributed by atoms with Gasteiger partial charge in [-0.25, -0.2) is 4.79 Å². The molecule has 36 heavy (non-hydrogen) atoms. The van der Waals surface area contributed by atoms with Crippen molar-refractivity contribution in [3.05, 3.63) is 105 Å². The number of nitrogens with zero attached hydrogens (tertiary/aromatic N) is 1. The Morgan fingerprint density at radius 1 is 1.00 bits per heavy atom. The zero-order valence-corrected chi connectivity index (χ0v) is 20.6. The van der Waals surface area contributed by atoms with E-state index in [1.165, 1.54) is 30.3 Å². The molecule has 188 valence electrons. The lowest BCUT2D eigenvalue weighted by molar-refractivity contribution is -0.385. The van der Waals surface area contributed by atoms with E-state index in [1.54, 1.807) is 32.9 Å². The van der Waals surface area contributed by atoms with E-state index in [0.717, 1.165) is 11.1 Å². The molecule has 0 heterocycles. The lowest BCUT2D eigenvalue weighted by Gasteiger charge is -2.24. The predicted molar refractivity (Wildman–Crippen MR) is 136 cm³/mol. The molecule has 3 rings (SSSR count). The summed E-state index contributed by atoms with van der Waals surface area (Å²) >= 11 is 0. The smallest absolute Gasteiger partial charge is 0.329 e. The molecular weight excluding hydrogens is 460 g/mol. The van der Waals surface area contributed by atoms with Gasteiger partial charge in [0.2, 0.25) is 0 Å². The number of phenolic OH excluding ortho intramolecular Hbond substituents is 1. The van der Waals surface area contributed by atoms with Crippen LogP contribution in [0.3, 0.4) is 0 Å². The second-order valence-corrected chi connectivity index (χ2v) is 9.53. The fourth-order valence-corrected chi connectivity index (χ4v) is 3.70. The number of nitro benzene ring substituents is 1. The highest BCUT2D eigenvalue weighted by atomic mass is 16.6. The van der Waals surface area contributed by atoms with E-state index in [4.69, 9.17) is 4.74 Å². The third-order valence-electron chi connectivity index (χ3n) is 5.43. The monoisotopic (exact) mass is 490 g/mol. The van der Waals surface area contributed by atoms with Gasteiger partial charge in [-0.05, 0) is 69.0 Å². The number of nitrogens with one attached hydrogen (secondary N) is 1. The van der Waals surface area contributed by atoms with Gasteiger partial charge >= 0.3 is 5.97 Å². The molecule has 0 radical (unpaired) electrons. The van der Waals surface area contributed by atoms with Gasteiger partial charge in [-0.1, -0.05) is 42.5 Å². The summed E-state index contributed by atoms with van der Waals surface area (Å²) in [6.07, 6.45) is 1.08. The van der Waals surface area contributed by atoms with Crippen LogP contribution >= 0.6 is 0 Å². The first kappa shape index (κ1) is 26.4. The molecule has 0 aliphatic carbocycles. The third kappa shape index (κ3) is 7.66. The molecule has 0 fully saturated rings. The fourth-order valence-electron chi connectivity index (χ4n) is 3.70. The molecular formula is C28H30N2O6. The topological polar surface area (TPSA) is 119 Å². The number of carbonyl (C=O) groups is 2. The summed E-state index contributed by atoms with van der Waals surface area (Å²) in [5, 5.41) is 23.8. The molecule has 0 aliphatic heterocycles. The molecule has 1 atom stereocenters. The van der Waals surface area contributed by atoms with E-state index in [1.807, 2.05) is 30.3 Å². The molecule has 2 N–H and O–H groups in total. The molecule has 1 amide bonds. The number of esters is 1. The van der Waals surface area contributed by atoms with Crippen LogP contribution in [-0.4, -0.2) is 33.5 Å². The highest BCUT2D eigenvalue weighted by molar-refractivity contribution is 5.97. The summed E-state index contributed by atoms with van der Waals surface area (Å²) in [4.78, 5) is 37.1. The number of phenols is 1. The van der Waals surface area contributed by atoms with Gasteiger partial charge in [0.1, 0.15) is 17.4 Å². The summed E-state index contributed by atoms with van der Waals surface area (Å²) < 4.78 is 5.52. The molecule has 0 bridgehead atoms. The molecule has 0 unspecified atom stereocenters. The minimum Gasteiger partial charge on any atom is -0.508 e. The number of rotatable bonds is 9. The second-order valence-electron chi connectivity index (χ2n) is 9.53. The molecule has 0 spiro atoms. The number of aromatic hydroxyl groups is 1. The van der Waals surface area contributed by atoms with Crippen LogP contribution in [0.4, 0.5) is 5.69 Å². The van der Waals surface area contributed by atoms with Crippen LogP contribution in [0.15, 0.2) is 72.8 Å². The molecule has 3 aromatic rings. The van der Waals surface area contributed by atoms with Crippen molar-refractivity contribution in [2.45, 2.75) is 51.7 Å². The minimum atomic E-state index is -0.896. The molecule has 0 saturated heterocycles. The zero-order valence-electron chi connectivity index (χ0n) is 20.6. The second kappa shape index (κ2) is 11.5. The van der Waals surface area contributed by atoms with Crippen LogP contribution in [0.1, 0.15) is 54.2 Å². The Bertz CT molecular complexity index is 1220. The third-order valence-corrected chi connectivity index (χ3v) is 5.43. The van der Waals surface area contributed by atoms with Crippen molar-refractivity contribution in [3.63, 3.8) is 0 Å². The molecule has 8 nitrogen and oxygen atoms in total. The molecule has 8 heteroatoms. The standard InChI is InChI=1S/C28H30N2O6/c1-28(2,3)36-27(33)24(15-11-19-7-5-4-6-8-19)29-26(32)21-12-16-25(30(34)35)22(18-21)17-20-9-13-23(31)14-10-20/h4-10,12-14,16,18,24,31H,11,15,17H2,1-3H3,(H,29,32)/t24-/m0/s1. The van der Waals surface area contributed by atoms with Crippen molar-refractivity contribution in [1.29, 1.82) is 0 Å². The zero-order chi connectivity index (χ0) is 26.3. The highest BCUT2D eigenvalue weighted by Gasteiger charge is 2.27. The van der Waals surface area contributed by atoms with Crippen molar-refractivity contribution < 1.29 is 24.4 Å². The number of aryl methyl sites for hydroxylation is 1. The van der Waals surface area contributed by atoms with Crippen molar-refractivity contribution in [3.8, 4) is 5.75 Å². The van der Waals surface area contributed by atoms with Crippen LogP contribution in [-0.2, 0) is 22.4 Å². The Labute approximate surface area is 210 Å². The largest absolute Gasteiger partial charge is 0.508 e. The Kier molecular flexibility index (Phi) is 8.42. The average molecular weight is 491 g/mol. The predicted octanol–water partition coefficient (Wildman–Crippen LogP) is 4.96. The van der Waals surface area contributed by atoms with E-state index in [0.29, 0.717) is 18.4 Å². The van der Waals surface area contributed by atoms with E-state index < -0.39 is 28.4 Å². The lowest BCUT2D eigenvalue weighted by atomic mass is 10.00. The van der Waals surface area contributed by atoms with Crippen LogP contribution < -0.4 is 5.32 Å². The van der Waals surface area contributed by atoms with Crippen molar-refractivity contribution in [1.82, 2.24) is 5.32 Å². The summed E-state index contributed by atoms with van der Waals surface area (Å²) in [5.74, 6) is -0.983. The normalized spacial score (nSPS) is 12.0. The number of hydrogen-bond donors (Lipinski definition) is 2. The van der Waals surface area contributed by atoms with E-state index in [2.05, 4.69) is 5.32 Å². The Morgan fingerprint density at radius 3 is 2.28 bits per heavy atom. The first-order valence-electron chi connectivity index (χ1n) is 11.6. The Morgan fingerprint density at radius 2 is 1.67 bits per heavy atom. The van der Waals surface area contributed by atoms with E-state index in [9.17, 15) is 24.8 Å². The quantitative estimate of drug-likeness (QED) is 0.248. The first-order chi connectivity index (χ1) is 17.0. The SMILES string of the molecule is CC(C)(C)OC(=O)[C@H](CCc1ccccc1)NC(=O)c1ccc([N+](=O)[O-])c(Cc2ccc(O)cc2)c1. The van der Waals surface area contributed by atoms with Crippen molar-refractivity contribution in [2.75, 3.05) is 0 Å². The highest BCUT2D eigenvalue weighted by Crippen LogP contribution is 2.24. The van der Waals surface area contributed by atoms with Crippen LogP contribution in [0.2, 0.25) is 0 Å². The first-order valence-corrected chi connectivity index (χ1v) is 11.6. The Hall–Kier alpha value is -4.20. The maximum atomic E-state index is 13.1. The number of benzene rings is 3. The van der Waals surface area contributed by atoms with Gasteiger partial charge in [0.05, 0.1) is 4.92 Å². The van der Waals surface area contributed by atoms with E-state index >= 15 is 0 Å². The van der Waals surface area contributed by atoms with Gasteiger partial charge in [-0.15, -0.1) is 0 Å². The van der Waals surface area contributed by atoms with Crippen molar-refractivity contribution >= 4 is 17.6 Å². The Balaban J connectivity index is 1.83. The fraction of sp³-hybridized carbons (Fsp3) is 0.286.